The molecule has 0 bridgehead atoms. The Hall–Kier alpha value is -2.94. The number of ether oxygens (including phenoxy) is 1. The highest BCUT2D eigenvalue weighted by atomic mass is 16.6. The molecule has 1 saturated heterocycles. The van der Waals surface area contributed by atoms with Gasteiger partial charge in [0.25, 0.3) is 5.91 Å². The SMILES string of the molecule is CCOC(=O)N1CCN(CC(=O)NNc2nncc3ccccc23)CC1. The van der Waals surface area contributed by atoms with Crippen LogP contribution >= 0.6 is 0 Å². The normalized spacial score (nSPS) is 14.9. The van der Waals surface area contributed by atoms with E-state index in [0.29, 0.717) is 38.6 Å². The molecule has 26 heavy (non-hydrogen) atoms. The third-order valence-electron chi connectivity index (χ3n) is 4.16. The number of amides is 2. The topological polar surface area (TPSA) is 99.7 Å². The molecular weight excluding hydrogens is 336 g/mol. The van der Waals surface area contributed by atoms with Gasteiger partial charge in [0, 0.05) is 37.0 Å². The second-order valence-electron chi connectivity index (χ2n) is 5.92. The quantitative estimate of drug-likeness (QED) is 0.764. The molecule has 0 aliphatic carbocycles. The molecule has 0 unspecified atom stereocenters. The van der Waals surface area contributed by atoms with E-state index in [9.17, 15) is 9.59 Å². The molecule has 9 heteroatoms. The lowest BCUT2D eigenvalue weighted by molar-refractivity contribution is -0.122. The lowest BCUT2D eigenvalue weighted by Crippen LogP contribution is -2.51. The summed E-state index contributed by atoms with van der Waals surface area (Å²) in [5, 5.41) is 9.77. The first kappa shape index (κ1) is 17.9. The summed E-state index contributed by atoms with van der Waals surface area (Å²) in [5.41, 5.74) is 5.49. The number of hydrogen-bond acceptors (Lipinski definition) is 7. The Kier molecular flexibility index (Phi) is 5.80. The Bertz CT molecular complexity index is 771. The zero-order chi connectivity index (χ0) is 18.4. The molecule has 2 N–H and O–H groups in total. The van der Waals surface area contributed by atoms with E-state index in [2.05, 4.69) is 21.0 Å². The molecule has 0 saturated carbocycles. The Morgan fingerprint density at radius 3 is 2.73 bits per heavy atom. The number of aromatic nitrogens is 2. The van der Waals surface area contributed by atoms with Gasteiger partial charge in [0.2, 0.25) is 0 Å². The van der Waals surface area contributed by atoms with Crippen LogP contribution in [0, 0.1) is 0 Å². The molecule has 0 spiro atoms. The molecule has 138 valence electrons. The predicted octanol–water partition coefficient (Wildman–Crippen LogP) is 0.847. The third-order valence-corrected chi connectivity index (χ3v) is 4.16. The summed E-state index contributed by atoms with van der Waals surface area (Å²) in [7, 11) is 0. The van der Waals surface area contributed by atoms with Crippen molar-refractivity contribution in [3.63, 3.8) is 0 Å². The van der Waals surface area contributed by atoms with Crippen LogP contribution in [0.15, 0.2) is 30.5 Å². The summed E-state index contributed by atoms with van der Waals surface area (Å²) >= 11 is 0. The minimum absolute atomic E-state index is 0.177. The predicted molar refractivity (Wildman–Crippen MR) is 96.3 cm³/mol. The van der Waals surface area contributed by atoms with E-state index < -0.39 is 0 Å². The highest BCUT2D eigenvalue weighted by Crippen LogP contribution is 2.18. The number of rotatable bonds is 5. The number of nitrogens with zero attached hydrogens (tertiary/aromatic N) is 4. The van der Waals surface area contributed by atoms with E-state index in [4.69, 9.17) is 4.74 Å². The number of hydrazine groups is 1. The molecular formula is C17H22N6O3. The summed E-state index contributed by atoms with van der Waals surface area (Å²) in [6.07, 6.45) is 1.37. The number of fused-ring (bicyclic) bond motifs is 1. The maximum Gasteiger partial charge on any atom is 0.409 e. The number of nitrogens with one attached hydrogen (secondary N) is 2. The van der Waals surface area contributed by atoms with Gasteiger partial charge in [0.05, 0.1) is 19.3 Å². The molecule has 2 heterocycles. The number of anilines is 1. The van der Waals surface area contributed by atoms with Crippen molar-refractivity contribution in [2.75, 3.05) is 44.8 Å². The van der Waals surface area contributed by atoms with Crippen LogP contribution in [0.3, 0.4) is 0 Å². The first-order chi connectivity index (χ1) is 12.7. The fraction of sp³-hybridized carbons (Fsp3) is 0.412. The second kappa shape index (κ2) is 8.43. The maximum atomic E-state index is 12.2. The van der Waals surface area contributed by atoms with E-state index in [1.165, 1.54) is 0 Å². The molecule has 9 nitrogen and oxygen atoms in total. The third kappa shape index (κ3) is 4.37. The van der Waals surface area contributed by atoms with Gasteiger partial charge in [0.15, 0.2) is 5.82 Å². The van der Waals surface area contributed by atoms with E-state index in [-0.39, 0.29) is 18.5 Å². The summed E-state index contributed by atoms with van der Waals surface area (Å²) in [6, 6.07) is 7.66. The van der Waals surface area contributed by atoms with Crippen LogP contribution in [0.4, 0.5) is 10.6 Å². The van der Waals surface area contributed by atoms with Crippen molar-refractivity contribution >= 4 is 28.6 Å². The van der Waals surface area contributed by atoms with Crippen molar-refractivity contribution in [2.24, 2.45) is 0 Å². The van der Waals surface area contributed by atoms with Gasteiger partial charge in [-0.05, 0) is 6.92 Å². The minimum Gasteiger partial charge on any atom is -0.450 e. The standard InChI is InChI=1S/C17H22N6O3/c1-2-26-17(25)23-9-7-22(8-10-23)12-15(24)19-21-16-14-6-4-3-5-13(14)11-18-20-16/h3-6,11H,2,7-10,12H2,1H3,(H,19,24)(H,20,21). The average Bonchev–Trinajstić information content (AvgIpc) is 2.67. The zero-order valence-electron chi connectivity index (χ0n) is 14.6. The highest BCUT2D eigenvalue weighted by molar-refractivity contribution is 5.91. The van der Waals surface area contributed by atoms with Crippen LogP contribution < -0.4 is 10.9 Å². The van der Waals surface area contributed by atoms with Gasteiger partial charge >= 0.3 is 6.09 Å². The van der Waals surface area contributed by atoms with Gasteiger partial charge in [-0.3, -0.25) is 20.5 Å². The van der Waals surface area contributed by atoms with Gasteiger partial charge < -0.3 is 9.64 Å². The fourth-order valence-corrected chi connectivity index (χ4v) is 2.80. The van der Waals surface area contributed by atoms with Crippen LogP contribution in [0.5, 0.6) is 0 Å². The second-order valence-corrected chi connectivity index (χ2v) is 5.92. The minimum atomic E-state index is -0.298. The van der Waals surface area contributed by atoms with Crippen molar-refractivity contribution in [1.82, 2.24) is 25.4 Å². The highest BCUT2D eigenvalue weighted by Gasteiger charge is 2.23. The number of hydrogen-bond donors (Lipinski definition) is 2. The molecule has 2 aromatic rings. The van der Waals surface area contributed by atoms with E-state index in [0.717, 1.165) is 10.8 Å². The fourth-order valence-electron chi connectivity index (χ4n) is 2.80. The van der Waals surface area contributed by atoms with Crippen LogP contribution in [0.2, 0.25) is 0 Å². The number of carbonyl (C=O) groups is 2. The summed E-state index contributed by atoms with van der Waals surface area (Å²) < 4.78 is 4.99. The Morgan fingerprint density at radius 1 is 1.19 bits per heavy atom. The van der Waals surface area contributed by atoms with Crippen LogP contribution in [0.1, 0.15) is 6.92 Å². The summed E-state index contributed by atoms with van der Waals surface area (Å²) in [6.45, 7) is 4.74. The molecule has 1 aliphatic heterocycles. The first-order valence-electron chi connectivity index (χ1n) is 8.56. The van der Waals surface area contributed by atoms with Crippen LogP contribution in [-0.4, -0.2) is 71.3 Å². The molecule has 0 atom stereocenters. The number of piperazine rings is 1. The Labute approximate surface area is 151 Å². The monoisotopic (exact) mass is 358 g/mol. The van der Waals surface area contributed by atoms with E-state index in [1.54, 1.807) is 18.0 Å². The van der Waals surface area contributed by atoms with Gasteiger partial charge in [-0.1, -0.05) is 24.3 Å². The van der Waals surface area contributed by atoms with Gasteiger partial charge in [0.1, 0.15) is 0 Å². The Morgan fingerprint density at radius 2 is 1.96 bits per heavy atom. The Balaban J connectivity index is 1.47. The maximum absolute atomic E-state index is 12.2. The van der Waals surface area contributed by atoms with Crippen molar-refractivity contribution in [3.05, 3.63) is 30.5 Å². The average molecular weight is 358 g/mol. The summed E-state index contributed by atoms with van der Waals surface area (Å²) in [5.74, 6) is 0.327. The molecule has 2 amide bonds. The molecule has 0 radical (unpaired) electrons. The molecule has 3 rings (SSSR count). The van der Waals surface area contributed by atoms with Crippen molar-refractivity contribution in [1.29, 1.82) is 0 Å². The van der Waals surface area contributed by atoms with Crippen molar-refractivity contribution in [3.8, 4) is 0 Å². The van der Waals surface area contributed by atoms with Gasteiger partial charge in [-0.15, -0.1) is 5.10 Å². The number of carbonyl (C=O) groups excluding carboxylic acids is 2. The zero-order valence-corrected chi connectivity index (χ0v) is 14.6. The largest absolute Gasteiger partial charge is 0.450 e. The lowest BCUT2D eigenvalue weighted by atomic mass is 10.2. The smallest absolute Gasteiger partial charge is 0.409 e. The van der Waals surface area contributed by atoms with Crippen LogP contribution in [0.25, 0.3) is 10.8 Å². The summed E-state index contributed by atoms with van der Waals surface area (Å²) in [4.78, 5) is 27.5. The van der Waals surface area contributed by atoms with Crippen LogP contribution in [-0.2, 0) is 9.53 Å². The van der Waals surface area contributed by atoms with Gasteiger partial charge in [-0.2, -0.15) is 5.10 Å². The van der Waals surface area contributed by atoms with Crippen molar-refractivity contribution in [2.45, 2.75) is 6.92 Å². The van der Waals surface area contributed by atoms with E-state index in [1.807, 2.05) is 29.2 Å². The van der Waals surface area contributed by atoms with Crippen molar-refractivity contribution < 1.29 is 14.3 Å². The molecule has 1 aromatic carbocycles. The lowest BCUT2D eigenvalue weighted by Gasteiger charge is -2.33. The van der Waals surface area contributed by atoms with Gasteiger partial charge in [-0.25, -0.2) is 4.79 Å². The van der Waals surface area contributed by atoms with E-state index >= 15 is 0 Å². The molecule has 1 aliphatic rings. The number of benzene rings is 1. The first-order valence-corrected chi connectivity index (χ1v) is 8.56. The molecule has 1 fully saturated rings. The molecule has 1 aromatic heterocycles.